The zero-order chi connectivity index (χ0) is 57.5. The number of carbonyl (C=O) groups excluding carboxylic acids is 6. The third-order valence-corrected chi connectivity index (χ3v) is 15.7. The van der Waals surface area contributed by atoms with Crippen molar-refractivity contribution in [3.63, 3.8) is 0 Å². The van der Waals surface area contributed by atoms with Gasteiger partial charge < -0.3 is 60.5 Å². The van der Waals surface area contributed by atoms with Crippen LogP contribution in [0.4, 0.5) is 0 Å². The molecule has 20 heteroatoms. The molecule has 0 bridgehead atoms. The van der Waals surface area contributed by atoms with Gasteiger partial charge in [0, 0.05) is 71.5 Å². The molecule has 6 heterocycles. The highest BCUT2D eigenvalue weighted by molar-refractivity contribution is 6.04. The summed E-state index contributed by atoms with van der Waals surface area (Å²) >= 11 is 0. The fourth-order valence-corrected chi connectivity index (χ4v) is 10.7. The lowest BCUT2D eigenvalue weighted by atomic mass is 9.85. The number of rotatable bonds is 23. The van der Waals surface area contributed by atoms with Crippen LogP contribution in [0.2, 0.25) is 0 Å². The van der Waals surface area contributed by atoms with Gasteiger partial charge in [-0.2, -0.15) is 0 Å². The lowest BCUT2D eigenvalue weighted by Gasteiger charge is -2.35. The molecule has 6 aromatic rings. The first kappa shape index (κ1) is 58.8. The summed E-state index contributed by atoms with van der Waals surface area (Å²) in [5.74, 6) is -0.546. The Morgan fingerprint density at radius 3 is 1.34 bits per heavy atom. The van der Waals surface area contributed by atoms with Crippen molar-refractivity contribution >= 4 is 57.2 Å². The minimum absolute atomic E-state index is 0.146. The van der Waals surface area contributed by atoms with E-state index in [-0.39, 0.29) is 58.6 Å². The van der Waals surface area contributed by atoms with Crippen LogP contribution in [0.15, 0.2) is 69.8 Å². The fraction of sp³-hybridized carbons (Fsp3) is 0.533. The number of aromatic nitrogens is 4. The number of likely N-dealkylation sites (tertiary alicyclic amines) is 2. The SMILES string of the molecule is CN[C@@H](C)C(=O)N[C@H](C(=O)N1CCC[C@H]1c1nc(C(=O)NCCCCCCCCNC(=O)c2nc([C@@H]3CCCN3C(=O)[C@@H](NC(=O)[C@H](C)NC)C(C)(C)C)oc2-c2c[nH]c3ccccc23)c(-c2c[nH]c3ccccc23)o1)C(C)(C)C. The summed E-state index contributed by atoms with van der Waals surface area (Å²) in [4.78, 5) is 103. The molecule has 2 saturated heterocycles. The largest absolute Gasteiger partial charge is 0.437 e. The Balaban J connectivity index is 0.866. The third kappa shape index (κ3) is 13.1. The number of nitrogens with zero attached hydrogens (tertiary/aromatic N) is 4. The highest BCUT2D eigenvalue weighted by Crippen LogP contribution is 2.41. The van der Waals surface area contributed by atoms with E-state index in [4.69, 9.17) is 18.8 Å². The van der Waals surface area contributed by atoms with Crippen molar-refractivity contribution < 1.29 is 37.6 Å². The predicted molar refractivity (Wildman–Crippen MR) is 307 cm³/mol. The van der Waals surface area contributed by atoms with Crippen LogP contribution in [-0.4, -0.2) is 130 Å². The normalized spacial score (nSPS) is 17.4. The van der Waals surface area contributed by atoms with Crippen molar-refractivity contribution in [2.24, 2.45) is 10.8 Å². The van der Waals surface area contributed by atoms with E-state index in [1.807, 2.05) is 102 Å². The van der Waals surface area contributed by atoms with Gasteiger partial charge in [0.05, 0.1) is 12.1 Å². The van der Waals surface area contributed by atoms with Gasteiger partial charge in [-0.3, -0.25) is 28.8 Å². The van der Waals surface area contributed by atoms with Crippen LogP contribution in [0.25, 0.3) is 44.5 Å². The van der Waals surface area contributed by atoms with Crippen molar-refractivity contribution in [2.45, 2.75) is 156 Å². The molecular weight excluding hydrogens is 1020 g/mol. The van der Waals surface area contributed by atoms with Crippen LogP contribution >= 0.6 is 0 Å². The Bertz CT molecular complexity index is 2950. The summed E-state index contributed by atoms with van der Waals surface area (Å²) in [6.45, 7) is 16.8. The molecule has 0 unspecified atom stereocenters. The molecule has 0 spiro atoms. The van der Waals surface area contributed by atoms with Crippen LogP contribution in [0.1, 0.15) is 164 Å². The maximum absolute atomic E-state index is 14.3. The summed E-state index contributed by atoms with van der Waals surface area (Å²) in [6.07, 6.45) is 11.3. The van der Waals surface area contributed by atoms with Gasteiger partial charge in [-0.25, -0.2) is 9.97 Å². The predicted octanol–water partition coefficient (Wildman–Crippen LogP) is 8.06. The van der Waals surface area contributed by atoms with Crippen molar-refractivity contribution in [2.75, 3.05) is 40.3 Å². The first-order valence-electron chi connectivity index (χ1n) is 28.5. The highest BCUT2D eigenvalue weighted by Gasteiger charge is 2.44. The average molecular weight is 1100 g/mol. The zero-order valence-corrected chi connectivity index (χ0v) is 48.2. The zero-order valence-electron chi connectivity index (χ0n) is 48.2. The Kier molecular flexibility index (Phi) is 18.7. The lowest BCUT2D eigenvalue weighted by Crippen LogP contribution is -2.57. The number of fused-ring (bicyclic) bond motifs is 2. The van der Waals surface area contributed by atoms with E-state index in [1.54, 1.807) is 37.7 Å². The minimum Gasteiger partial charge on any atom is -0.437 e. The second-order valence-electron chi connectivity index (χ2n) is 23.6. The number of unbranched alkanes of at least 4 members (excludes halogenated alkanes) is 5. The first-order chi connectivity index (χ1) is 38.2. The molecule has 2 aliphatic rings. The molecule has 8 rings (SSSR count). The standard InChI is InChI=1S/C60H82N12O8/c1-35(61-9)51(73)69-49(59(3,4)5)57(77)71-31-21-27-43(71)55-67-45(47(79-55)39-33-65-41-25-17-15-23-37(39)41)53(75)63-29-19-13-11-12-14-20-30-64-54(76)46-48(40-34-66-42-26-18-16-24-38(40)42)80-56(68-46)44-28-22-32-72(44)58(78)50(60(6,7)8)70-52(74)36(2)62-10/h15-18,23-26,33-36,43-44,49-50,61-62,65-66H,11-14,19-22,27-32H2,1-10H3,(H,63,75)(H,64,76)(H,69,73)(H,70,74)/t35-,36-,43-,44-,49+,50+/m0/s1. The molecular formula is C60H82N12O8. The van der Waals surface area contributed by atoms with Crippen molar-refractivity contribution in [3.05, 3.63) is 84.1 Å². The summed E-state index contributed by atoms with van der Waals surface area (Å²) < 4.78 is 13.1. The van der Waals surface area contributed by atoms with Gasteiger partial charge >= 0.3 is 0 Å². The van der Waals surface area contributed by atoms with E-state index in [0.717, 1.165) is 60.3 Å². The van der Waals surface area contributed by atoms with E-state index in [9.17, 15) is 28.8 Å². The summed E-state index contributed by atoms with van der Waals surface area (Å²) in [5, 5.41) is 19.7. The molecule has 2 aromatic carbocycles. The summed E-state index contributed by atoms with van der Waals surface area (Å²) in [7, 11) is 3.40. The van der Waals surface area contributed by atoms with E-state index in [0.29, 0.717) is 74.5 Å². The third-order valence-electron chi connectivity index (χ3n) is 15.7. The lowest BCUT2D eigenvalue weighted by molar-refractivity contribution is -0.141. The number of hydrogen-bond acceptors (Lipinski definition) is 12. The monoisotopic (exact) mass is 1100 g/mol. The average Bonchev–Trinajstić information content (AvgIpc) is 4.34. The molecule has 430 valence electrons. The molecule has 2 fully saturated rings. The molecule has 20 nitrogen and oxygen atoms in total. The molecule has 80 heavy (non-hydrogen) atoms. The quantitative estimate of drug-likeness (QED) is 0.0283. The number of nitrogens with one attached hydrogen (secondary N) is 8. The van der Waals surface area contributed by atoms with Crippen LogP contribution in [0, 0.1) is 10.8 Å². The number of amides is 6. The number of para-hydroxylation sites is 2. The van der Waals surface area contributed by atoms with E-state index >= 15 is 0 Å². The van der Waals surface area contributed by atoms with Crippen LogP contribution in [-0.2, 0) is 19.2 Å². The van der Waals surface area contributed by atoms with Crippen LogP contribution in [0.3, 0.4) is 0 Å². The second-order valence-corrected chi connectivity index (χ2v) is 23.6. The van der Waals surface area contributed by atoms with Gasteiger partial charge in [0.25, 0.3) is 11.8 Å². The second kappa shape index (κ2) is 25.4. The maximum Gasteiger partial charge on any atom is 0.273 e. The van der Waals surface area contributed by atoms with Crippen molar-refractivity contribution in [1.29, 1.82) is 0 Å². The number of likely N-dealkylation sites (N-methyl/N-ethyl adjacent to an activating group) is 2. The number of oxazole rings is 2. The minimum atomic E-state index is -0.803. The van der Waals surface area contributed by atoms with Crippen molar-refractivity contribution in [3.8, 4) is 22.6 Å². The Labute approximate surface area is 468 Å². The smallest absolute Gasteiger partial charge is 0.273 e. The number of carbonyl (C=O) groups is 6. The number of aromatic amines is 2. The maximum atomic E-state index is 14.3. The van der Waals surface area contributed by atoms with Crippen LogP contribution < -0.4 is 31.9 Å². The molecule has 6 atom stereocenters. The van der Waals surface area contributed by atoms with Crippen molar-refractivity contribution in [1.82, 2.24) is 61.6 Å². The Morgan fingerprint density at radius 1 is 0.588 bits per heavy atom. The fourth-order valence-electron chi connectivity index (χ4n) is 10.7. The first-order valence-corrected chi connectivity index (χ1v) is 28.5. The molecule has 0 saturated carbocycles. The van der Waals surface area contributed by atoms with Gasteiger partial charge in [0.1, 0.15) is 24.2 Å². The number of H-pyrrole nitrogens is 2. The van der Waals surface area contributed by atoms with Gasteiger partial charge in [-0.15, -0.1) is 0 Å². The van der Waals surface area contributed by atoms with Crippen LogP contribution in [0.5, 0.6) is 0 Å². The molecule has 2 aliphatic heterocycles. The van der Waals surface area contributed by atoms with Gasteiger partial charge in [0.2, 0.25) is 35.4 Å². The van der Waals surface area contributed by atoms with Gasteiger partial charge in [-0.1, -0.05) is 104 Å². The molecule has 4 aromatic heterocycles. The van der Waals surface area contributed by atoms with E-state index in [1.165, 1.54) is 0 Å². The Morgan fingerprint density at radius 2 is 0.963 bits per heavy atom. The Hall–Kier alpha value is -7.32. The summed E-state index contributed by atoms with van der Waals surface area (Å²) in [5.41, 5.74) is 2.25. The number of hydrogen-bond donors (Lipinski definition) is 8. The van der Waals surface area contributed by atoms with Gasteiger partial charge in [0.15, 0.2) is 22.9 Å². The summed E-state index contributed by atoms with van der Waals surface area (Å²) in [6, 6.07) is 11.9. The molecule has 8 N–H and O–H groups in total. The number of benzene rings is 2. The van der Waals surface area contributed by atoms with E-state index in [2.05, 4.69) is 41.9 Å². The van der Waals surface area contributed by atoms with Gasteiger partial charge in [-0.05, 0) is 89.4 Å². The molecule has 0 radical (unpaired) electrons. The topological polar surface area (TPSA) is 265 Å². The van der Waals surface area contributed by atoms with E-state index < -0.39 is 47.1 Å². The molecule has 0 aliphatic carbocycles. The molecule has 6 amide bonds. The highest BCUT2D eigenvalue weighted by atomic mass is 16.4.